The van der Waals surface area contributed by atoms with Crippen molar-refractivity contribution in [1.29, 1.82) is 0 Å². The molecule has 2 rings (SSSR count). The van der Waals surface area contributed by atoms with Crippen LogP contribution in [0.4, 0.5) is 0 Å². The van der Waals surface area contributed by atoms with Crippen LogP contribution in [0.1, 0.15) is 12.5 Å². The van der Waals surface area contributed by atoms with Gasteiger partial charge in [0.25, 0.3) is 0 Å². The summed E-state index contributed by atoms with van der Waals surface area (Å²) in [5.41, 5.74) is 0.750. The molecule has 0 atom stereocenters. The van der Waals surface area contributed by atoms with Crippen LogP contribution in [0.25, 0.3) is 0 Å². The van der Waals surface area contributed by atoms with Gasteiger partial charge in [0.05, 0.1) is 5.60 Å². The number of nitrogens with one attached hydrogen (secondary N) is 1. The first-order valence-electron chi connectivity index (χ1n) is 5.82. The molecule has 0 spiro atoms. The summed E-state index contributed by atoms with van der Waals surface area (Å²) < 4.78 is 11.6. The molecule has 0 aliphatic carbocycles. The van der Waals surface area contributed by atoms with E-state index in [0.29, 0.717) is 0 Å². The van der Waals surface area contributed by atoms with E-state index in [-0.39, 0.29) is 24.8 Å². The van der Waals surface area contributed by atoms with Crippen molar-refractivity contribution >= 4 is 21.9 Å². The van der Waals surface area contributed by atoms with Gasteiger partial charge in [0.15, 0.2) is 0 Å². The van der Waals surface area contributed by atoms with Crippen molar-refractivity contribution in [3.8, 4) is 0 Å². The fourth-order valence-electron chi connectivity index (χ4n) is 1.60. The Morgan fingerprint density at radius 1 is 1.39 bits per heavy atom. The third-order valence-electron chi connectivity index (χ3n) is 2.85. The monoisotopic (exact) mass is 313 g/mol. The lowest BCUT2D eigenvalue weighted by molar-refractivity contribution is -0.159. The topological polar surface area (TPSA) is 47.6 Å². The Labute approximate surface area is 115 Å². The Morgan fingerprint density at radius 2 is 2.06 bits per heavy atom. The van der Waals surface area contributed by atoms with Crippen LogP contribution in [0.3, 0.4) is 0 Å². The molecule has 0 aromatic heterocycles. The summed E-state index contributed by atoms with van der Waals surface area (Å²) in [5, 5.41) is 3.11. The molecule has 1 saturated heterocycles. The number of hydrogen-bond acceptors (Lipinski definition) is 4. The molecule has 1 aliphatic heterocycles. The van der Waals surface area contributed by atoms with Crippen molar-refractivity contribution < 1.29 is 14.3 Å². The van der Waals surface area contributed by atoms with Crippen LogP contribution < -0.4 is 5.32 Å². The van der Waals surface area contributed by atoms with E-state index in [1.165, 1.54) is 0 Å². The Bertz CT molecular complexity index is 415. The van der Waals surface area contributed by atoms with Gasteiger partial charge in [-0.2, -0.15) is 0 Å². The number of halogens is 1. The van der Waals surface area contributed by atoms with E-state index in [2.05, 4.69) is 21.2 Å². The Hall–Kier alpha value is -0.910. The maximum Gasteiger partial charge on any atom is 0.332 e. The molecule has 0 saturated carbocycles. The van der Waals surface area contributed by atoms with Crippen molar-refractivity contribution in [3.05, 3.63) is 34.3 Å². The number of ether oxygens (including phenoxy) is 2. The van der Waals surface area contributed by atoms with Gasteiger partial charge in [0.1, 0.15) is 13.2 Å². The van der Waals surface area contributed by atoms with Gasteiger partial charge < -0.3 is 14.8 Å². The highest BCUT2D eigenvalue weighted by Gasteiger charge is 2.33. The zero-order chi connectivity index (χ0) is 13.0. The van der Waals surface area contributed by atoms with Crippen molar-refractivity contribution in [3.63, 3.8) is 0 Å². The fraction of sp³-hybridized carbons (Fsp3) is 0.462. The van der Waals surface area contributed by atoms with Crippen molar-refractivity contribution in [2.24, 2.45) is 0 Å². The average molecular weight is 314 g/mol. The van der Waals surface area contributed by atoms with E-state index in [1.54, 1.807) is 0 Å². The smallest absolute Gasteiger partial charge is 0.332 e. The van der Waals surface area contributed by atoms with Gasteiger partial charge in [-0.05, 0) is 24.6 Å². The minimum Gasteiger partial charge on any atom is -0.459 e. The first-order chi connectivity index (χ1) is 8.57. The second-order valence-corrected chi connectivity index (χ2v) is 5.54. The van der Waals surface area contributed by atoms with Gasteiger partial charge >= 0.3 is 5.97 Å². The largest absolute Gasteiger partial charge is 0.459 e. The van der Waals surface area contributed by atoms with Crippen LogP contribution in [-0.2, 0) is 20.9 Å². The van der Waals surface area contributed by atoms with Crippen molar-refractivity contribution in [2.45, 2.75) is 19.1 Å². The molecule has 5 heteroatoms. The molecule has 0 amide bonds. The molecule has 1 aromatic rings. The van der Waals surface area contributed by atoms with Gasteiger partial charge in [-0.3, -0.25) is 0 Å². The molecule has 0 radical (unpaired) electrons. The van der Waals surface area contributed by atoms with E-state index in [0.717, 1.165) is 23.1 Å². The van der Waals surface area contributed by atoms with E-state index < -0.39 is 0 Å². The van der Waals surface area contributed by atoms with E-state index in [1.807, 2.05) is 31.2 Å². The maximum absolute atomic E-state index is 11.5. The van der Waals surface area contributed by atoms with Crippen LogP contribution in [-0.4, -0.2) is 31.3 Å². The summed E-state index contributed by atoms with van der Waals surface area (Å²) >= 11 is 3.35. The third-order valence-corrected chi connectivity index (χ3v) is 3.38. The number of benzene rings is 1. The summed E-state index contributed by atoms with van der Waals surface area (Å²) in [6.45, 7) is 3.84. The van der Waals surface area contributed by atoms with Crippen LogP contribution in [0.2, 0.25) is 0 Å². The molecular weight excluding hydrogens is 298 g/mol. The summed E-state index contributed by atoms with van der Waals surface area (Å²) in [4.78, 5) is 11.5. The van der Waals surface area contributed by atoms with Gasteiger partial charge in [0.2, 0.25) is 0 Å². The Balaban J connectivity index is 1.69. The van der Waals surface area contributed by atoms with Gasteiger partial charge in [-0.15, -0.1) is 0 Å². The van der Waals surface area contributed by atoms with Gasteiger partial charge in [-0.1, -0.05) is 28.1 Å². The van der Waals surface area contributed by atoms with Crippen LogP contribution in [0, 0.1) is 0 Å². The molecule has 1 heterocycles. The highest BCUT2D eigenvalue weighted by Crippen LogP contribution is 2.15. The SMILES string of the molecule is CC1(OCC(=O)OCc2ccc(Br)cc2)CNC1. The molecule has 4 nitrogen and oxygen atoms in total. The molecule has 0 unspecified atom stereocenters. The maximum atomic E-state index is 11.5. The number of hydrogen-bond donors (Lipinski definition) is 1. The highest BCUT2D eigenvalue weighted by molar-refractivity contribution is 9.10. The second kappa shape index (κ2) is 5.82. The lowest BCUT2D eigenvalue weighted by Crippen LogP contribution is -2.59. The first kappa shape index (κ1) is 13.5. The third kappa shape index (κ3) is 3.80. The number of carbonyl (C=O) groups excluding carboxylic acids is 1. The molecule has 0 bridgehead atoms. The van der Waals surface area contributed by atoms with E-state index in [4.69, 9.17) is 9.47 Å². The summed E-state index contributed by atoms with van der Waals surface area (Å²) in [6.07, 6.45) is 0. The van der Waals surface area contributed by atoms with Crippen LogP contribution in [0.15, 0.2) is 28.7 Å². The van der Waals surface area contributed by atoms with Crippen LogP contribution in [0.5, 0.6) is 0 Å². The number of esters is 1. The zero-order valence-electron chi connectivity index (χ0n) is 10.2. The van der Waals surface area contributed by atoms with Gasteiger partial charge in [-0.25, -0.2) is 4.79 Å². The lowest BCUT2D eigenvalue weighted by atomic mass is 10.0. The molecule has 18 heavy (non-hydrogen) atoms. The Kier molecular flexibility index (Phi) is 4.37. The number of carbonyl (C=O) groups is 1. The van der Waals surface area contributed by atoms with E-state index >= 15 is 0 Å². The summed E-state index contributed by atoms with van der Waals surface area (Å²) in [5.74, 6) is -0.328. The van der Waals surface area contributed by atoms with Gasteiger partial charge in [0, 0.05) is 17.6 Å². The predicted molar refractivity (Wildman–Crippen MR) is 71.2 cm³/mol. The van der Waals surface area contributed by atoms with Crippen molar-refractivity contribution in [2.75, 3.05) is 19.7 Å². The molecule has 1 N–H and O–H groups in total. The summed E-state index contributed by atoms with van der Waals surface area (Å²) in [7, 11) is 0. The van der Waals surface area contributed by atoms with E-state index in [9.17, 15) is 4.79 Å². The summed E-state index contributed by atoms with van der Waals surface area (Å²) in [6, 6.07) is 7.66. The second-order valence-electron chi connectivity index (χ2n) is 4.63. The lowest BCUT2D eigenvalue weighted by Gasteiger charge is -2.38. The molecular formula is C13H16BrNO3. The molecule has 1 aliphatic rings. The minimum absolute atomic E-state index is 0.00864. The average Bonchev–Trinajstić information content (AvgIpc) is 2.33. The molecule has 1 aromatic carbocycles. The quantitative estimate of drug-likeness (QED) is 0.843. The van der Waals surface area contributed by atoms with Crippen LogP contribution >= 0.6 is 15.9 Å². The highest BCUT2D eigenvalue weighted by atomic mass is 79.9. The minimum atomic E-state index is -0.328. The fourth-order valence-corrected chi connectivity index (χ4v) is 1.86. The predicted octanol–water partition coefficient (Wildman–Crippen LogP) is 1.87. The standard InChI is InChI=1S/C13H16BrNO3/c1-13(8-15-9-13)18-7-12(16)17-6-10-2-4-11(14)5-3-10/h2-5,15H,6-9H2,1H3. The Morgan fingerprint density at radius 3 is 2.61 bits per heavy atom. The normalized spacial score (nSPS) is 17.0. The molecule has 1 fully saturated rings. The number of rotatable bonds is 5. The molecule has 98 valence electrons. The zero-order valence-corrected chi connectivity index (χ0v) is 11.8. The first-order valence-corrected chi connectivity index (χ1v) is 6.61. The van der Waals surface area contributed by atoms with Crippen molar-refractivity contribution in [1.82, 2.24) is 5.32 Å².